The number of amides is 2. The van der Waals surface area contributed by atoms with Crippen LogP contribution in [0.4, 0.5) is 10.5 Å². The van der Waals surface area contributed by atoms with Gasteiger partial charge in [0.25, 0.3) is 0 Å². The molecule has 2 saturated heterocycles. The molecule has 0 atom stereocenters. The molecular formula is C30H36N4O2S. The highest BCUT2D eigenvalue weighted by atomic mass is 32.1. The van der Waals surface area contributed by atoms with Crippen LogP contribution in [0.15, 0.2) is 60.0 Å². The number of benzene rings is 2. The van der Waals surface area contributed by atoms with Crippen molar-refractivity contribution in [3.63, 3.8) is 0 Å². The van der Waals surface area contributed by atoms with Gasteiger partial charge < -0.3 is 20.9 Å². The van der Waals surface area contributed by atoms with Gasteiger partial charge in [0.05, 0.1) is 0 Å². The summed E-state index contributed by atoms with van der Waals surface area (Å²) in [4.78, 5) is 31.1. The lowest BCUT2D eigenvalue weighted by molar-refractivity contribution is 0.0992. The van der Waals surface area contributed by atoms with Crippen molar-refractivity contribution in [1.29, 1.82) is 0 Å². The second-order valence-electron chi connectivity index (χ2n) is 10.7. The van der Waals surface area contributed by atoms with E-state index in [9.17, 15) is 9.59 Å². The molecular weight excluding hydrogens is 480 g/mol. The number of urea groups is 1. The molecule has 2 aliphatic rings. The smallest absolute Gasteiger partial charge is 0.320 e. The molecule has 1 aromatic heterocycles. The highest BCUT2D eigenvalue weighted by Crippen LogP contribution is 2.35. The Morgan fingerprint density at radius 2 is 1.68 bits per heavy atom. The van der Waals surface area contributed by atoms with Crippen LogP contribution in [0.1, 0.15) is 41.3 Å². The van der Waals surface area contributed by atoms with Crippen molar-refractivity contribution < 1.29 is 9.59 Å². The molecule has 2 aliphatic heterocycles. The predicted octanol–water partition coefficient (Wildman–Crippen LogP) is 5.09. The van der Waals surface area contributed by atoms with Gasteiger partial charge in [0.15, 0.2) is 5.78 Å². The fourth-order valence-electron chi connectivity index (χ4n) is 5.40. The van der Waals surface area contributed by atoms with E-state index in [1.54, 1.807) is 11.3 Å². The molecule has 0 radical (unpaired) electrons. The number of rotatable bonds is 6. The van der Waals surface area contributed by atoms with Gasteiger partial charge in [0.2, 0.25) is 0 Å². The van der Waals surface area contributed by atoms with Crippen molar-refractivity contribution in [2.45, 2.75) is 32.6 Å². The van der Waals surface area contributed by atoms with Gasteiger partial charge in [-0.25, -0.2) is 4.79 Å². The molecule has 194 valence electrons. The van der Waals surface area contributed by atoms with E-state index >= 15 is 0 Å². The standard InChI is InChI=1S/C30H36N4O2S/c1-30(10-14-33(15-11-30)29(36)34-16-12-32-13-17-34)21-22-4-6-23(7-5-22)27(35)20-25-19-24(8-9-26(25)31)28-3-2-18-37-28/h2-9,18-19,32H,10-17,20-21,31H2,1H3. The minimum absolute atomic E-state index is 0.0764. The number of likely N-dealkylation sites (tertiary alicyclic amines) is 1. The second-order valence-corrected chi connectivity index (χ2v) is 11.6. The molecule has 3 N–H and O–H groups in total. The molecule has 0 spiro atoms. The third-order valence-electron chi connectivity index (χ3n) is 7.84. The molecule has 2 fully saturated rings. The van der Waals surface area contributed by atoms with Gasteiger partial charge in [-0.2, -0.15) is 0 Å². The van der Waals surface area contributed by atoms with Crippen LogP contribution in [0, 0.1) is 5.41 Å². The Morgan fingerprint density at radius 3 is 2.35 bits per heavy atom. The number of hydrogen-bond acceptors (Lipinski definition) is 5. The molecule has 0 unspecified atom stereocenters. The van der Waals surface area contributed by atoms with Crippen LogP contribution < -0.4 is 11.1 Å². The van der Waals surface area contributed by atoms with E-state index in [1.165, 1.54) is 10.4 Å². The third-order valence-corrected chi connectivity index (χ3v) is 8.75. The van der Waals surface area contributed by atoms with Gasteiger partial charge in [0.1, 0.15) is 0 Å². The molecule has 0 bridgehead atoms. The van der Waals surface area contributed by atoms with Crippen LogP contribution >= 0.6 is 11.3 Å². The third kappa shape index (κ3) is 6.05. The van der Waals surface area contributed by atoms with E-state index in [4.69, 9.17) is 5.73 Å². The first kappa shape index (κ1) is 25.5. The molecule has 0 aliphatic carbocycles. The number of anilines is 1. The van der Waals surface area contributed by atoms with E-state index in [1.807, 2.05) is 46.2 Å². The number of thiophene rings is 1. The number of hydrogen-bond donors (Lipinski definition) is 2. The zero-order valence-electron chi connectivity index (χ0n) is 21.5. The van der Waals surface area contributed by atoms with Gasteiger partial charge in [0, 0.05) is 61.8 Å². The summed E-state index contributed by atoms with van der Waals surface area (Å²) in [5.41, 5.74) is 10.9. The zero-order valence-corrected chi connectivity index (χ0v) is 22.4. The Balaban J connectivity index is 1.17. The Kier molecular flexibility index (Phi) is 7.63. The summed E-state index contributed by atoms with van der Waals surface area (Å²) in [7, 11) is 0. The van der Waals surface area contributed by atoms with Crippen LogP contribution in [-0.4, -0.2) is 60.9 Å². The lowest BCUT2D eigenvalue weighted by Crippen LogP contribution is -2.54. The Morgan fingerprint density at radius 1 is 0.973 bits per heavy atom. The normalized spacial score (nSPS) is 17.5. The molecule has 2 aromatic carbocycles. The summed E-state index contributed by atoms with van der Waals surface area (Å²) in [6, 6.07) is 18.3. The van der Waals surface area contributed by atoms with E-state index in [0.29, 0.717) is 17.7 Å². The maximum absolute atomic E-state index is 13.1. The van der Waals surface area contributed by atoms with Crippen LogP contribution in [0.2, 0.25) is 0 Å². The van der Waals surface area contributed by atoms with Gasteiger partial charge in [-0.1, -0.05) is 43.3 Å². The molecule has 2 amide bonds. The summed E-state index contributed by atoms with van der Waals surface area (Å²) >= 11 is 1.68. The van der Waals surface area contributed by atoms with Crippen LogP contribution in [-0.2, 0) is 12.8 Å². The number of Topliss-reactive ketones (excluding diaryl/α,β-unsaturated/α-hetero) is 1. The molecule has 5 rings (SSSR count). The summed E-state index contributed by atoms with van der Waals surface area (Å²) in [5.74, 6) is 0.0764. The number of carbonyl (C=O) groups is 2. The molecule has 7 heteroatoms. The fraction of sp³-hybridized carbons (Fsp3) is 0.400. The molecule has 0 saturated carbocycles. The van der Waals surface area contributed by atoms with Crippen molar-refractivity contribution in [3.05, 3.63) is 76.7 Å². The number of piperazine rings is 1. The number of nitrogens with two attached hydrogens (primary N) is 1. The Hall–Kier alpha value is -3.16. The van der Waals surface area contributed by atoms with Gasteiger partial charge in [-0.3, -0.25) is 4.79 Å². The quantitative estimate of drug-likeness (QED) is 0.353. The molecule has 3 aromatic rings. The number of nitrogens with one attached hydrogen (secondary N) is 1. The monoisotopic (exact) mass is 516 g/mol. The van der Waals surface area contributed by atoms with Gasteiger partial charge in [-0.05, 0) is 64.9 Å². The number of carbonyl (C=O) groups excluding carboxylic acids is 2. The lowest BCUT2D eigenvalue weighted by atomic mass is 9.75. The topological polar surface area (TPSA) is 78.7 Å². The largest absolute Gasteiger partial charge is 0.398 e. The van der Waals surface area contributed by atoms with Gasteiger partial charge in [-0.15, -0.1) is 11.3 Å². The number of ketones is 1. The van der Waals surface area contributed by atoms with Crippen molar-refractivity contribution in [2.75, 3.05) is 45.0 Å². The highest BCUT2D eigenvalue weighted by Gasteiger charge is 2.33. The first-order chi connectivity index (χ1) is 17.9. The van der Waals surface area contributed by atoms with E-state index in [-0.39, 0.29) is 17.2 Å². The highest BCUT2D eigenvalue weighted by molar-refractivity contribution is 7.13. The van der Waals surface area contributed by atoms with Crippen LogP contribution in [0.5, 0.6) is 0 Å². The van der Waals surface area contributed by atoms with Crippen LogP contribution in [0.3, 0.4) is 0 Å². The van der Waals surface area contributed by atoms with Crippen molar-refractivity contribution in [1.82, 2.24) is 15.1 Å². The van der Waals surface area contributed by atoms with Crippen molar-refractivity contribution >= 4 is 28.8 Å². The Bertz CT molecular complexity index is 1220. The van der Waals surface area contributed by atoms with Crippen LogP contribution in [0.25, 0.3) is 10.4 Å². The van der Waals surface area contributed by atoms with E-state index in [2.05, 4.69) is 35.8 Å². The molecule has 6 nitrogen and oxygen atoms in total. The zero-order chi connectivity index (χ0) is 25.8. The molecule has 3 heterocycles. The summed E-state index contributed by atoms with van der Waals surface area (Å²) in [6.07, 6.45) is 3.22. The summed E-state index contributed by atoms with van der Waals surface area (Å²) in [6.45, 7) is 7.29. The maximum Gasteiger partial charge on any atom is 0.320 e. The minimum atomic E-state index is 0.0764. The SMILES string of the molecule is CC1(Cc2ccc(C(=O)Cc3cc(-c4cccs4)ccc3N)cc2)CCN(C(=O)N2CCNCC2)CC1. The average Bonchev–Trinajstić information content (AvgIpc) is 3.46. The fourth-order valence-corrected chi connectivity index (χ4v) is 6.13. The first-order valence-electron chi connectivity index (χ1n) is 13.2. The second kappa shape index (κ2) is 11.1. The average molecular weight is 517 g/mol. The summed E-state index contributed by atoms with van der Waals surface area (Å²) in [5, 5.41) is 5.36. The number of nitrogens with zero attached hydrogens (tertiary/aromatic N) is 2. The number of nitrogen functional groups attached to an aromatic ring is 1. The maximum atomic E-state index is 13.1. The minimum Gasteiger partial charge on any atom is -0.398 e. The van der Waals surface area contributed by atoms with Crippen molar-refractivity contribution in [2.24, 2.45) is 5.41 Å². The lowest BCUT2D eigenvalue weighted by Gasteiger charge is -2.42. The van der Waals surface area contributed by atoms with Crippen molar-refractivity contribution in [3.8, 4) is 10.4 Å². The van der Waals surface area contributed by atoms with E-state index < -0.39 is 0 Å². The molecule has 37 heavy (non-hydrogen) atoms. The predicted molar refractivity (Wildman–Crippen MR) is 151 cm³/mol. The Labute approximate surface area is 223 Å². The van der Waals surface area contributed by atoms with Gasteiger partial charge >= 0.3 is 6.03 Å². The van der Waals surface area contributed by atoms with E-state index in [0.717, 1.165) is 69.7 Å². The number of piperidine rings is 1. The summed E-state index contributed by atoms with van der Waals surface area (Å²) < 4.78 is 0. The first-order valence-corrected chi connectivity index (χ1v) is 14.1.